The van der Waals surface area contributed by atoms with Crippen molar-refractivity contribution in [3.05, 3.63) is 0 Å². The molecule has 2 atom stereocenters. The van der Waals surface area contributed by atoms with Crippen LogP contribution in [-0.4, -0.2) is 35.7 Å². The quantitative estimate of drug-likeness (QED) is 0.735. The van der Waals surface area contributed by atoms with Crippen LogP contribution >= 0.6 is 0 Å². The summed E-state index contributed by atoms with van der Waals surface area (Å²) in [5.74, 6) is -1.22. The number of carbonyl (C=O) groups excluding carboxylic acids is 1. The molecule has 0 aromatic rings. The Bertz CT molecular complexity index is 248. The molecule has 0 saturated carbocycles. The van der Waals surface area contributed by atoms with E-state index in [2.05, 4.69) is 5.32 Å². The first-order valence-electron chi connectivity index (χ1n) is 5.77. The van der Waals surface area contributed by atoms with Crippen molar-refractivity contribution < 1.29 is 19.4 Å². The molecule has 5 heteroatoms. The molecule has 1 heterocycles. The number of hydrogen-bond acceptors (Lipinski definition) is 3. The summed E-state index contributed by atoms with van der Waals surface area (Å²) in [6.45, 7) is 2.43. The van der Waals surface area contributed by atoms with Gasteiger partial charge >= 0.3 is 5.97 Å². The first-order chi connectivity index (χ1) is 7.63. The van der Waals surface area contributed by atoms with Crippen LogP contribution in [0.25, 0.3) is 0 Å². The van der Waals surface area contributed by atoms with Crippen molar-refractivity contribution in [1.29, 1.82) is 0 Å². The fourth-order valence-corrected chi connectivity index (χ4v) is 1.77. The second-order valence-corrected chi connectivity index (χ2v) is 4.06. The zero-order valence-electron chi connectivity index (χ0n) is 9.57. The predicted molar refractivity (Wildman–Crippen MR) is 58.1 cm³/mol. The summed E-state index contributed by atoms with van der Waals surface area (Å²) in [4.78, 5) is 22.2. The lowest BCUT2D eigenvalue weighted by Gasteiger charge is -2.22. The normalized spacial score (nSPS) is 22.4. The number of carboxylic acid groups (broad SMARTS) is 1. The molecule has 0 spiro atoms. The number of hydrogen-bond donors (Lipinski definition) is 2. The number of carboxylic acids is 1. The van der Waals surface area contributed by atoms with Gasteiger partial charge in [-0.25, -0.2) is 4.79 Å². The number of rotatable bonds is 5. The number of ether oxygens (including phenoxy) is 1. The van der Waals surface area contributed by atoms with Crippen molar-refractivity contribution in [2.24, 2.45) is 0 Å². The van der Waals surface area contributed by atoms with Crippen LogP contribution in [-0.2, 0) is 14.3 Å². The minimum absolute atomic E-state index is 0.0416. The van der Waals surface area contributed by atoms with Gasteiger partial charge in [0.2, 0.25) is 5.91 Å². The maximum Gasteiger partial charge on any atom is 0.326 e. The van der Waals surface area contributed by atoms with Gasteiger partial charge in [0.05, 0.1) is 12.5 Å². The Kier molecular flexibility index (Phi) is 5.25. The van der Waals surface area contributed by atoms with Gasteiger partial charge in [-0.05, 0) is 25.7 Å². The van der Waals surface area contributed by atoms with Gasteiger partial charge < -0.3 is 15.2 Å². The van der Waals surface area contributed by atoms with E-state index >= 15 is 0 Å². The SMILES string of the molecule is CC[C@@H](NC(=O)CC1CCCCO1)C(=O)O. The molecule has 0 aromatic heterocycles. The molecule has 0 aromatic carbocycles. The van der Waals surface area contributed by atoms with E-state index in [1.807, 2.05) is 0 Å². The summed E-state index contributed by atoms with van der Waals surface area (Å²) in [5, 5.41) is 11.3. The van der Waals surface area contributed by atoms with Crippen LogP contribution in [0.2, 0.25) is 0 Å². The van der Waals surface area contributed by atoms with Crippen molar-refractivity contribution in [2.75, 3.05) is 6.61 Å². The van der Waals surface area contributed by atoms with Crippen molar-refractivity contribution >= 4 is 11.9 Å². The Morgan fingerprint density at radius 2 is 2.25 bits per heavy atom. The van der Waals surface area contributed by atoms with E-state index in [1.165, 1.54) is 0 Å². The van der Waals surface area contributed by atoms with Crippen LogP contribution in [0.3, 0.4) is 0 Å². The third-order valence-electron chi connectivity index (χ3n) is 2.73. The molecular weight excluding hydrogens is 210 g/mol. The van der Waals surface area contributed by atoms with E-state index in [4.69, 9.17) is 9.84 Å². The molecule has 92 valence electrons. The van der Waals surface area contributed by atoms with Crippen LogP contribution in [0.1, 0.15) is 39.0 Å². The summed E-state index contributed by atoms with van der Waals surface area (Å²) < 4.78 is 5.42. The van der Waals surface area contributed by atoms with Crippen molar-refractivity contribution in [1.82, 2.24) is 5.32 Å². The molecule has 1 aliphatic heterocycles. The smallest absolute Gasteiger partial charge is 0.326 e. The third-order valence-corrected chi connectivity index (χ3v) is 2.73. The van der Waals surface area contributed by atoms with Crippen LogP contribution in [0.5, 0.6) is 0 Å². The highest BCUT2D eigenvalue weighted by Gasteiger charge is 2.21. The average molecular weight is 229 g/mol. The van der Waals surface area contributed by atoms with Gasteiger partial charge in [0, 0.05) is 6.61 Å². The summed E-state index contributed by atoms with van der Waals surface area (Å²) in [6, 6.07) is -0.781. The van der Waals surface area contributed by atoms with Gasteiger partial charge in [-0.15, -0.1) is 0 Å². The standard InChI is InChI=1S/C11H19NO4/c1-2-9(11(14)15)12-10(13)7-8-5-3-4-6-16-8/h8-9H,2-7H2,1H3,(H,12,13)(H,14,15)/t8?,9-/m1/s1. The minimum Gasteiger partial charge on any atom is -0.480 e. The van der Waals surface area contributed by atoms with Crippen LogP contribution < -0.4 is 5.32 Å². The first-order valence-corrected chi connectivity index (χ1v) is 5.77. The zero-order valence-corrected chi connectivity index (χ0v) is 9.57. The number of nitrogens with one attached hydrogen (secondary N) is 1. The Hall–Kier alpha value is -1.10. The molecule has 2 N–H and O–H groups in total. The Morgan fingerprint density at radius 3 is 2.75 bits per heavy atom. The van der Waals surface area contributed by atoms with Crippen molar-refractivity contribution in [3.8, 4) is 0 Å². The third kappa shape index (κ3) is 4.18. The van der Waals surface area contributed by atoms with E-state index in [0.29, 0.717) is 13.0 Å². The van der Waals surface area contributed by atoms with Gasteiger partial charge in [-0.2, -0.15) is 0 Å². The summed E-state index contributed by atoms with van der Waals surface area (Å²) in [7, 11) is 0. The average Bonchev–Trinajstić information content (AvgIpc) is 2.27. The monoisotopic (exact) mass is 229 g/mol. The maximum absolute atomic E-state index is 11.5. The number of amides is 1. The van der Waals surface area contributed by atoms with E-state index in [1.54, 1.807) is 6.92 Å². The maximum atomic E-state index is 11.5. The largest absolute Gasteiger partial charge is 0.480 e. The molecule has 16 heavy (non-hydrogen) atoms. The molecule has 0 bridgehead atoms. The molecule has 1 amide bonds. The molecule has 1 saturated heterocycles. The van der Waals surface area contributed by atoms with E-state index in [0.717, 1.165) is 19.3 Å². The molecule has 0 radical (unpaired) electrons. The topological polar surface area (TPSA) is 75.6 Å². The van der Waals surface area contributed by atoms with Gasteiger partial charge in [0.1, 0.15) is 6.04 Å². The lowest BCUT2D eigenvalue weighted by Crippen LogP contribution is -2.41. The minimum atomic E-state index is -0.986. The number of carbonyl (C=O) groups is 2. The first kappa shape index (κ1) is 13.0. The molecule has 0 aliphatic carbocycles. The fraction of sp³-hybridized carbons (Fsp3) is 0.818. The molecule has 1 aliphatic rings. The molecule has 1 rings (SSSR count). The second-order valence-electron chi connectivity index (χ2n) is 4.06. The Balaban J connectivity index is 2.31. The summed E-state index contributed by atoms with van der Waals surface area (Å²) >= 11 is 0. The van der Waals surface area contributed by atoms with E-state index in [-0.39, 0.29) is 18.4 Å². The highest BCUT2D eigenvalue weighted by molar-refractivity contribution is 5.83. The van der Waals surface area contributed by atoms with Crippen LogP contribution in [0.4, 0.5) is 0 Å². The van der Waals surface area contributed by atoms with Gasteiger partial charge in [-0.1, -0.05) is 6.92 Å². The lowest BCUT2D eigenvalue weighted by molar-refractivity contribution is -0.142. The molecular formula is C11H19NO4. The Labute approximate surface area is 95.2 Å². The van der Waals surface area contributed by atoms with Crippen LogP contribution in [0, 0.1) is 0 Å². The van der Waals surface area contributed by atoms with Gasteiger partial charge in [0.25, 0.3) is 0 Å². The zero-order chi connectivity index (χ0) is 12.0. The molecule has 1 fully saturated rings. The van der Waals surface area contributed by atoms with Crippen molar-refractivity contribution in [3.63, 3.8) is 0 Å². The van der Waals surface area contributed by atoms with Crippen LogP contribution in [0.15, 0.2) is 0 Å². The van der Waals surface area contributed by atoms with Gasteiger partial charge in [-0.3, -0.25) is 4.79 Å². The Morgan fingerprint density at radius 1 is 1.50 bits per heavy atom. The second kappa shape index (κ2) is 6.48. The summed E-state index contributed by atoms with van der Waals surface area (Å²) in [6.07, 6.45) is 3.63. The highest BCUT2D eigenvalue weighted by Crippen LogP contribution is 2.15. The lowest BCUT2D eigenvalue weighted by atomic mass is 10.1. The fourth-order valence-electron chi connectivity index (χ4n) is 1.77. The highest BCUT2D eigenvalue weighted by atomic mass is 16.5. The predicted octanol–water partition coefficient (Wildman–Crippen LogP) is 0.925. The molecule has 5 nitrogen and oxygen atoms in total. The van der Waals surface area contributed by atoms with E-state index < -0.39 is 12.0 Å². The van der Waals surface area contributed by atoms with E-state index in [9.17, 15) is 9.59 Å². The summed E-state index contributed by atoms with van der Waals surface area (Å²) in [5.41, 5.74) is 0. The molecule has 1 unspecified atom stereocenters. The van der Waals surface area contributed by atoms with Gasteiger partial charge in [0.15, 0.2) is 0 Å². The number of aliphatic carboxylic acids is 1. The van der Waals surface area contributed by atoms with Crippen molar-refractivity contribution in [2.45, 2.75) is 51.2 Å².